The fraction of sp³-hybridized carbons (Fsp3) is 0.467. The fourth-order valence-corrected chi connectivity index (χ4v) is 2.50. The van der Waals surface area contributed by atoms with E-state index in [1.807, 2.05) is 31.2 Å². The molecular formula is C15H18N2O3. The highest BCUT2D eigenvalue weighted by atomic mass is 16.5. The average Bonchev–Trinajstić information content (AvgIpc) is 3.21. The first-order chi connectivity index (χ1) is 9.69. The molecule has 2 amide bonds. The number of imide groups is 1. The van der Waals surface area contributed by atoms with Crippen LogP contribution in [0.5, 0.6) is 5.75 Å². The molecule has 5 heteroatoms. The van der Waals surface area contributed by atoms with E-state index in [0.717, 1.165) is 24.3 Å². The number of rotatable bonds is 5. The van der Waals surface area contributed by atoms with E-state index in [-0.39, 0.29) is 24.3 Å². The van der Waals surface area contributed by atoms with E-state index in [4.69, 9.17) is 4.74 Å². The predicted molar refractivity (Wildman–Crippen MR) is 74.5 cm³/mol. The third kappa shape index (κ3) is 2.48. The van der Waals surface area contributed by atoms with Crippen LogP contribution in [0.15, 0.2) is 24.3 Å². The van der Waals surface area contributed by atoms with Gasteiger partial charge in [0.2, 0.25) is 5.91 Å². The van der Waals surface area contributed by atoms with E-state index in [2.05, 4.69) is 5.32 Å². The van der Waals surface area contributed by atoms with Gasteiger partial charge in [0.25, 0.3) is 5.91 Å². The van der Waals surface area contributed by atoms with Crippen LogP contribution in [0.4, 0.5) is 5.69 Å². The third-order valence-corrected chi connectivity index (χ3v) is 3.60. The zero-order chi connectivity index (χ0) is 14.1. The Hall–Kier alpha value is -2.04. The number of amides is 2. The summed E-state index contributed by atoms with van der Waals surface area (Å²) in [5, 5.41) is 3.14. The van der Waals surface area contributed by atoms with Crippen LogP contribution < -0.4 is 10.1 Å². The quantitative estimate of drug-likeness (QED) is 0.832. The largest absolute Gasteiger partial charge is 0.494 e. The maximum atomic E-state index is 12.2. The Bertz CT molecular complexity index is 522. The maximum absolute atomic E-state index is 12.2. The van der Waals surface area contributed by atoms with Gasteiger partial charge >= 0.3 is 0 Å². The molecule has 1 saturated carbocycles. The van der Waals surface area contributed by atoms with Gasteiger partial charge in [-0.15, -0.1) is 0 Å². The smallest absolute Gasteiger partial charge is 0.252 e. The molecule has 1 aliphatic carbocycles. The number of carbonyl (C=O) groups excluding carboxylic acids is 2. The number of benzene rings is 1. The van der Waals surface area contributed by atoms with Crippen molar-refractivity contribution < 1.29 is 14.3 Å². The highest BCUT2D eigenvalue weighted by Gasteiger charge is 2.46. The SMILES string of the molecule is CCOc1ccc(N[C@H]2CC(=O)N(C3CC3)C2=O)cc1. The van der Waals surface area contributed by atoms with Crippen molar-refractivity contribution in [2.24, 2.45) is 0 Å². The Labute approximate surface area is 117 Å². The van der Waals surface area contributed by atoms with Crippen LogP contribution in [0.25, 0.3) is 0 Å². The molecule has 1 aliphatic heterocycles. The van der Waals surface area contributed by atoms with Crippen LogP contribution in [-0.2, 0) is 9.59 Å². The molecule has 0 bridgehead atoms. The second kappa shape index (κ2) is 5.15. The first kappa shape index (κ1) is 13.0. The van der Waals surface area contributed by atoms with E-state index in [0.29, 0.717) is 6.61 Å². The van der Waals surface area contributed by atoms with Crippen LogP contribution in [0.1, 0.15) is 26.2 Å². The number of hydrogen-bond donors (Lipinski definition) is 1. The van der Waals surface area contributed by atoms with Crippen molar-refractivity contribution in [3.05, 3.63) is 24.3 Å². The number of anilines is 1. The van der Waals surface area contributed by atoms with Crippen molar-refractivity contribution in [3.8, 4) is 5.75 Å². The fourth-order valence-electron chi connectivity index (χ4n) is 2.50. The first-order valence-electron chi connectivity index (χ1n) is 7.04. The molecule has 2 fully saturated rings. The summed E-state index contributed by atoms with van der Waals surface area (Å²) in [5.41, 5.74) is 0.831. The minimum Gasteiger partial charge on any atom is -0.494 e. The highest BCUT2D eigenvalue weighted by molar-refractivity contribution is 6.07. The zero-order valence-electron chi connectivity index (χ0n) is 11.5. The molecule has 1 N–H and O–H groups in total. The molecule has 0 aromatic heterocycles. The van der Waals surface area contributed by atoms with Gasteiger partial charge in [-0.3, -0.25) is 14.5 Å². The van der Waals surface area contributed by atoms with Gasteiger partial charge in [-0.25, -0.2) is 0 Å². The van der Waals surface area contributed by atoms with Gasteiger partial charge in [0.05, 0.1) is 13.0 Å². The topological polar surface area (TPSA) is 58.6 Å². The number of nitrogens with one attached hydrogen (secondary N) is 1. The number of ether oxygens (including phenoxy) is 1. The van der Waals surface area contributed by atoms with Crippen LogP contribution in [0.2, 0.25) is 0 Å². The summed E-state index contributed by atoms with van der Waals surface area (Å²) in [5.74, 6) is 0.652. The zero-order valence-corrected chi connectivity index (χ0v) is 11.5. The van der Waals surface area contributed by atoms with Crippen molar-refractivity contribution in [1.29, 1.82) is 0 Å². The molecule has 106 valence electrons. The van der Waals surface area contributed by atoms with Gasteiger partial charge in [0.15, 0.2) is 0 Å². The molecule has 1 heterocycles. The lowest BCUT2D eigenvalue weighted by Crippen LogP contribution is -2.36. The minimum absolute atomic E-state index is 0.0547. The molecule has 3 rings (SSSR count). The summed E-state index contributed by atoms with van der Waals surface area (Å²) in [4.78, 5) is 25.5. The standard InChI is InChI=1S/C15H18N2O3/c1-2-20-12-7-3-10(4-8-12)16-13-9-14(18)17(15(13)19)11-5-6-11/h3-4,7-8,11,13,16H,2,5-6,9H2,1H3/t13-/m0/s1. The van der Waals surface area contributed by atoms with Gasteiger partial charge in [0, 0.05) is 11.7 Å². The lowest BCUT2D eigenvalue weighted by Gasteiger charge is -2.15. The summed E-state index contributed by atoms with van der Waals surface area (Å²) < 4.78 is 5.37. The van der Waals surface area contributed by atoms with E-state index in [1.165, 1.54) is 4.90 Å². The van der Waals surface area contributed by atoms with Crippen molar-refractivity contribution in [3.63, 3.8) is 0 Å². The average molecular weight is 274 g/mol. The van der Waals surface area contributed by atoms with Crippen molar-refractivity contribution in [2.45, 2.75) is 38.3 Å². The molecule has 1 aromatic carbocycles. The van der Waals surface area contributed by atoms with Crippen LogP contribution in [0.3, 0.4) is 0 Å². The first-order valence-corrected chi connectivity index (χ1v) is 7.04. The van der Waals surface area contributed by atoms with Gasteiger partial charge in [-0.1, -0.05) is 0 Å². The second-order valence-electron chi connectivity index (χ2n) is 5.19. The Balaban J connectivity index is 1.65. The Morgan fingerprint density at radius 2 is 1.95 bits per heavy atom. The normalized spacial score (nSPS) is 22.2. The van der Waals surface area contributed by atoms with Crippen LogP contribution in [0, 0.1) is 0 Å². The van der Waals surface area contributed by atoms with E-state index in [9.17, 15) is 9.59 Å². The Morgan fingerprint density at radius 1 is 1.25 bits per heavy atom. The number of nitrogens with zero attached hydrogens (tertiary/aromatic N) is 1. The molecule has 1 saturated heterocycles. The monoisotopic (exact) mass is 274 g/mol. The summed E-state index contributed by atoms with van der Waals surface area (Å²) in [6.45, 7) is 2.56. The third-order valence-electron chi connectivity index (χ3n) is 3.60. The highest BCUT2D eigenvalue weighted by Crippen LogP contribution is 2.32. The Kier molecular flexibility index (Phi) is 3.34. The number of carbonyl (C=O) groups is 2. The van der Waals surface area contributed by atoms with Gasteiger partial charge in [-0.05, 0) is 44.0 Å². The van der Waals surface area contributed by atoms with E-state index >= 15 is 0 Å². The molecule has 20 heavy (non-hydrogen) atoms. The van der Waals surface area contributed by atoms with Crippen LogP contribution >= 0.6 is 0 Å². The van der Waals surface area contributed by atoms with Crippen LogP contribution in [-0.4, -0.2) is 35.4 Å². The van der Waals surface area contributed by atoms with E-state index < -0.39 is 6.04 Å². The predicted octanol–water partition coefficient (Wildman–Crippen LogP) is 1.79. The van der Waals surface area contributed by atoms with Crippen molar-refractivity contribution in [2.75, 3.05) is 11.9 Å². The number of hydrogen-bond acceptors (Lipinski definition) is 4. The molecule has 0 unspecified atom stereocenters. The molecule has 0 spiro atoms. The lowest BCUT2D eigenvalue weighted by atomic mass is 10.2. The van der Waals surface area contributed by atoms with Gasteiger partial charge in [-0.2, -0.15) is 0 Å². The summed E-state index contributed by atoms with van der Waals surface area (Å²) in [7, 11) is 0. The summed E-state index contributed by atoms with van der Waals surface area (Å²) in [6.07, 6.45) is 2.16. The van der Waals surface area contributed by atoms with Gasteiger partial charge in [0.1, 0.15) is 11.8 Å². The lowest BCUT2D eigenvalue weighted by molar-refractivity contribution is -0.139. The molecule has 1 atom stereocenters. The summed E-state index contributed by atoms with van der Waals surface area (Å²) >= 11 is 0. The second-order valence-corrected chi connectivity index (χ2v) is 5.19. The molecule has 0 radical (unpaired) electrons. The summed E-state index contributed by atoms with van der Waals surface area (Å²) in [6, 6.07) is 7.16. The molecule has 2 aliphatic rings. The molecular weight excluding hydrogens is 256 g/mol. The van der Waals surface area contributed by atoms with Crippen molar-refractivity contribution >= 4 is 17.5 Å². The van der Waals surface area contributed by atoms with E-state index in [1.54, 1.807) is 0 Å². The van der Waals surface area contributed by atoms with Gasteiger partial charge < -0.3 is 10.1 Å². The molecule has 1 aromatic rings. The Morgan fingerprint density at radius 3 is 2.55 bits per heavy atom. The minimum atomic E-state index is -0.430. The van der Waals surface area contributed by atoms with Crippen molar-refractivity contribution in [1.82, 2.24) is 4.90 Å². The maximum Gasteiger partial charge on any atom is 0.252 e. The number of likely N-dealkylation sites (tertiary alicyclic amines) is 1. The molecule has 5 nitrogen and oxygen atoms in total.